The Morgan fingerprint density at radius 1 is 1.14 bits per heavy atom. The molecule has 0 radical (unpaired) electrons. The lowest BCUT2D eigenvalue weighted by atomic mass is 9.89. The molecule has 0 bridgehead atoms. The third kappa shape index (κ3) is 3.41. The van der Waals surface area contributed by atoms with Crippen LogP contribution >= 0.6 is 0 Å². The van der Waals surface area contributed by atoms with Crippen molar-refractivity contribution in [3.63, 3.8) is 0 Å². The largest absolute Gasteiger partial charge is 0.457 e. The lowest BCUT2D eigenvalue weighted by Crippen LogP contribution is -2.32. The van der Waals surface area contributed by atoms with E-state index in [4.69, 9.17) is 4.74 Å². The van der Waals surface area contributed by atoms with Gasteiger partial charge < -0.3 is 9.64 Å². The summed E-state index contributed by atoms with van der Waals surface area (Å²) >= 11 is 0. The summed E-state index contributed by atoms with van der Waals surface area (Å²) < 4.78 is 5.60. The maximum atomic E-state index is 12.6. The molecule has 1 atom stereocenters. The highest BCUT2D eigenvalue weighted by molar-refractivity contribution is 5.92. The summed E-state index contributed by atoms with van der Waals surface area (Å²) in [4.78, 5) is 14.7. The number of hydrogen-bond acceptors (Lipinski definition) is 3. The molecule has 3 heteroatoms. The fourth-order valence-corrected chi connectivity index (χ4v) is 2.60. The first kappa shape index (κ1) is 16.3. The topological polar surface area (TPSA) is 29.5 Å². The lowest BCUT2D eigenvalue weighted by molar-refractivity contribution is -0.150. The second-order valence-electron chi connectivity index (χ2n) is 6.80. The Kier molecular flexibility index (Phi) is 4.45. The van der Waals surface area contributed by atoms with E-state index >= 15 is 0 Å². The average molecular weight is 299 g/mol. The average Bonchev–Trinajstić information content (AvgIpc) is 2.42. The standard InChI is InChI=1S/C19H25NO2/c1-13-12-20(16-10-8-7-9-11-16)15(3)17(14(13)2)18(21)22-19(4,5)6/h7-12,14H,1-6H3. The molecule has 0 aliphatic carbocycles. The van der Waals surface area contributed by atoms with Crippen molar-refractivity contribution >= 4 is 11.7 Å². The fraction of sp³-hybridized carbons (Fsp3) is 0.421. The third-order valence-corrected chi connectivity index (χ3v) is 3.85. The molecule has 0 aromatic heterocycles. The predicted octanol–water partition coefficient (Wildman–Crippen LogP) is 4.66. The van der Waals surface area contributed by atoms with Crippen LogP contribution in [0.15, 0.2) is 53.4 Å². The Morgan fingerprint density at radius 3 is 2.27 bits per heavy atom. The molecule has 1 unspecified atom stereocenters. The van der Waals surface area contributed by atoms with Gasteiger partial charge in [0.25, 0.3) is 0 Å². The van der Waals surface area contributed by atoms with Crippen molar-refractivity contribution in [3.8, 4) is 0 Å². The molecule has 0 saturated carbocycles. The van der Waals surface area contributed by atoms with Gasteiger partial charge >= 0.3 is 5.97 Å². The molecule has 1 aliphatic heterocycles. The van der Waals surface area contributed by atoms with Gasteiger partial charge in [0.15, 0.2) is 0 Å². The molecule has 1 aromatic rings. The number of ether oxygens (including phenoxy) is 1. The third-order valence-electron chi connectivity index (χ3n) is 3.85. The van der Waals surface area contributed by atoms with Crippen molar-refractivity contribution < 1.29 is 9.53 Å². The summed E-state index contributed by atoms with van der Waals surface area (Å²) in [6.45, 7) is 11.8. The van der Waals surface area contributed by atoms with Crippen LogP contribution in [0.25, 0.3) is 0 Å². The van der Waals surface area contributed by atoms with E-state index in [1.165, 1.54) is 0 Å². The normalized spacial score (nSPS) is 19.1. The number of nitrogens with zero attached hydrogens (tertiary/aromatic N) is 1. The van der Waals surface area contributed by atoms with Crippen molar-refractivity contribution in [2.45, 2.75) is 47.1 Å². The number of carbonyl (C=O) groups is 1. The summed E-state index contributed by atoms with van der Waals surface area (Å²) in [6, 6.07) is 10.1. The van der Waals surface area contributed by atoms with Gasteiger partial charge in [-0.05, 0) is 52.3 Å². The van der Waals surface area contributed by atoms with Crippen LogP contribution in [0.1, 0.15) is 41.5 Å². The van der Waals surface area contributed by atoms with Gasteiger partial charge in [-0.25, -0.2) is 4.79 Å². The zero-order valence-electron chi connectivity index (χ0n) is 14.3. The molecule has 0 N–H and O–H groups in total. The number of para-hydroxylation sites is 1. The van der Waals surface area contributed by atoms with Crippen molar-refractivity contribution in [2.24, 2.45) is 5.92 Å². The summed E-state index contributed by atoms with van der Waals surface area (Å²) in [6.07, 6.45) is 2.10. The molecule has 1 aliphatic rings. The van der Waals surface area contributed by atoms with Gasteiger partial charge in [0.05, 0.1) is 5.57 Å². The van der Waals surface area contributed by atoms with Gasteiger partial charge in [-0.1, -0.05) is 25.1 Å². The Labute approximate surface area is 133 Å². The molecule has 1 heterocycles. The number of carbonyl (C=O) groups excluding carboxylic acids is 1. The van der Waals surface area contributed by atoms with Crippen molar-refractivity contribution in [2.75, 3.05) is 4.90 Å². The Bertz CT molecular complexity index is 621. The quantitative estimate of drug-likeness (QED) is 0.744. The van der Waals surface area contributed by atoms with Gasteiger partial charge in [-0.15, -0.1) is 0 Å². The van der Waals surface area contributed by atoms with E-state index in [9.17, 15) is 4.79 Å². The van der Waals surface area contributed by atoms with Gasteiger partial charge in [0.1, 0.15) is 5.60 Å². The van der Waals surface area contributed by atoms with Crippen LogP contribution in [0.4, 0.5) is 5.69 Å². The minimum atomic E-state index is -0.489. The highest BCUT2D eigenvalue weighted by atomic mass is 16.6. The van der Waals surface area contributed by atoms with Gasteiger partial charge in [0, 0.05) is 23.5 Å². The van der Waals surface area contributed by atoms with Crippen molar-refractivity contribution in [1.29, 1.82) is 0 Å². The summed E-state index contributed by atoms with van der Waals surface area (Å²) in [5, 5.41) is 0. The monoisotopic (exact) mass is 299 g/mol. The minimum Gasteiger partial charge on any atom is -0.457 e. The number of benzene rings is 1. The molecular weight excluding hydrogens is 274 g/mol. The van der Waals surface area contributed by atoms with Crippen LogP contribution in [-0.2, 0) is 9.53 Å². The number of hydrogen-bond donors (Lipinski definition) is 0. The Balaban J connectivity index is 2.43. The Hall–Kier alpha value is -2.03. The fourth-order valence-electron chi connectivity index (χ4n) is 2.60. The molecule has 1 aromatic carbocycles. The molecule has 0 saturated heterocycles. The van der Waals surface area contributed by atoms with E-state index in [2.05, 4.69) is 24.9 Å². The smallest absolute Gasteiger partial charge is 0.336 e. The van der Waals surface area contributed by atoms with Crippen LogP contribution in [0.3, 0.4) is 0 Å². The van der Waals surface area contributed by atoms with Crippen LogP contribution in [-0.4, -0.2) is 11.6 Å². The van der Waals surface area contributed by atoms with Crippen LogP contribution in [0.2, 0.25) is 0 Å². The highest BCUT2D eigenvalue weighted by Gasteiger charge is 2.31. The minimum absolute atomic E-state index is 0.0646. The van der Waals surface area contributed by atoms with Crippen molar-refractivity contribution in [3.05, 3.63) is 53.4 Å². The van der Waals surface area contributed by atoms with E-state index in [0.29, 0.717) is 0 Å². The second kappa shape index (κ2) is 5.99. The molecule has 0 fully saturated rings. The Morgan fingerprint density at radius 2 is 1.73 bits per heavy atom. The molecule has 22 heavy (non-hydrogen) atoms. The second-order valence-corrected chi connectivity index (χ2v) is 6.80. The first-order chi connectivity index (χ1) is 10.2. The molecule has 118 valence electrons. The van der Waals surface area contributed by atoms with Crippen molar-refractivity contribution in [1.82, 2.24) is 0 Å². The molecule has 2 rings (SSSR count). The number of allylic oxidation sites excluding steroid dienone is 2. The van der Waals surface area contributed by atoms with Gasteiger partial charge in [0.2, 0.25) is 0 Å². The SMILES string of the molecule is CC1=CN(c2ccccc2)C(C)=C(C(=O)OC(C)(C)C)C1C. The molecule has 0 spiro atoms. The van der Waals surface area contributed by atoms with E-state index < -0.39 is 5.60 Å². The highest BCUT2D eigenvalue weighted by Crippen LogP contribution is 2.34. The number of rotatable bonds is 2. The predicted molar refractivity (Wildman–Crippen MR) is 90.4 cm³/mol. The summed E-state index contributed by atoms with van der Waals surface area (Å²) in [5.74, 6) is -0.166. The number of anilines is 1. The van der Waals surface area contributed by atoms with E-state index in [1.807, 2.05) is 58.0 Å². The maximum Gasteiger partial charge on any atom is 0.336 e. The van der Waals surface area contributed by atoms with Crippen LogP contribution < -0.4 is 4.90 Å². The molecule has 0 amide bonds. The van der Waals surface area contributed by atoms with Crippen LogP contribution in [0, 0.1) is 5.92 Å². The van der Waals surface area contributed by atoms with Crippen LogP contribution in [0.5, 0.6) is 0 Å². The summed E-state index contributed by atoms with van der Waals surface area (Å²) in [7, 11) is 0. The zero-order valence-corrected chi connectivity index (χ0v) is 14.3. The zero-order chi connectivity index (χ0) is 16.5. The van der Waals surface area contributed by atoms with Gasteiger partial charge in [-0.2, -0.15) is 0 Å². The maximum absolute atomic E-state index is 12.6. The number of esters is 1. The van der Waals surface area contributed by atoms with E-state index in [-0.39, 0.29) is 11.9 Å². The van der Waals surface area contributed by atoms with Gasteiger partial charge in [-0.3, -0.25) is 0 Å². The lowest BCUT2D eigenvalue weighted by Gasteiger charge is -2.33. The molecule has 3 nitrogen and oxygen atoms in total. The summed E-state index contributed by atoms with van der Waals surface area (Å²) in [5.41, 5.74) is 3.37. The first-order valence-electron chi connectivity index (χ1n) is 7.67. The van der Waals surface area contributed by atoms with E-state index in [1.54, 1.807) is 0 Å². The molecular formula is C19H25NO2. The first-order valence-corrected chi connectivity index (χ1v) is 7.67. The van der Waals surface area contributed by atoms with E-state index in [0.717, 1.165) is 22.5 Å².